The number of anilines is 1. The van der Waals surface area contributed by atoms with Crippen LogP contribution in [0.4, 0.5) is 11.4 Å². The number of methoxy groups -OCH3 is 1. The number of ether oxygens (including phenoxy) is 1. The summed E-state index contributed by atoms with van der Waals surface area (Å²) in [6.45, 7) is 0. The summed E-state index contributed by atoms with van der Waals surface area (Å²) in [4.78, 5) is 21.5. The zero-order valence-corrected chi connectivity index (χ0v) is 12.5. The Morgan fingerprint density at radius 3 is 2.71 bits per heavy atom. The first kappa shape index (κ1) is 16.7. The van der Waals surface area contributed by atoms with Crippen LogP contribution >= 0.6 is 0 Å². The van der Waals surface area contributed by atoms with Gasteiger partial charge in [0.25, 0.3) is 5.69 Å². The van der Waals surface area contributed by atoms with Gasteiger partial charge in [0.15, 0.2) is 11.5 Å². The maximum absolute atomic E-state index is 11.1. The van der Waals surface area contributed by atoms with Crippen molar-refractivity contribution in [1.82, 2.24) is 0 Å². The number of phenolic OH excluding ortho intramolecular Hbond substituents is 1. The Kier molecular flexibility index (Phi) is 4.95. The first-order chi connectivity index (χ1) is 11.4. The molecule has 0 radical (unpaired) electrons. The van der Waals surface area contributed by atoms with Gasteiger partial charge in [-0.3, -0.25) is 15.5 Å². The van der Waals surface area contributed by atoms with E-state index in [0.717, 1.165) is 18.3 Å². The van der Waals surface area contributed by atoms with Crippen LogP contribution in [0.1, 0.15) is 15.9 Å². The van der Waals surface area contributed by atoms with E-state index < -0.39 is 10.9 Å². The molecule has 0 aromatic heterocycles. The number of nitro benzene ring substituents is 1. The highest BCUT2D eigenvalue weighted by molar-refractivity contribution is 5.94. The molecule has 3 N–H and O–H groups in total. The number of carboxylic acid groups (broad SMARTS) is 1. The number of aromatic hydroxyl groups is 1. The largest absolute Gasteiger partial charge is 0.504 e. The van der Waals surface area contributed by atoms with Gasteiger partial charge in [0.05, 0.1) is 41.1 Å². The van der Waals surface area contributed by atoms with E-state index in [1.807, 2.05) is 0 Å². The van der Waals surface area contributed by atoms with Gasteiger partial charge in [-0.15, -0.1) is 0 Å². The van der Waals surface area contributed by atoms with Crippen LogP contribution in [0.25, 0.3) is 0 Å². The van der Waals surface area contributed by atoms with E-state index in [9.17, 15) is 20.0 Å². The Hall–Kier alpha value is -3.62. The predicted molar refractivity (Wildman–Crippen MR) is 85.9 cm³/mol. The number of aromatic carboxylic acids is 1. The zero-order chi connectivity index (χ0) is 17.7. The lowest BCUT2D eigenvalue weighted by atomic mass is 10.1. The lowest BCUT2D eigenvalue weighted by Gasteiger charge is -2.06. The van der Waals surface area contributed by atoms with E-state index in [4.69, 9.17) is 9.84 Å². The number of benzene rings is 2. The summed E-state index contributed by atoms with van der Waals surface area (Å²) in [5, 5.41) is 33.7. The number of para-hydroxylation sites is 1. The van der Waals surface area contributed by atoms with Crippen LogP contribution in [-0.4, -0.2) is 34.4 Å². The molecule has 0 unspecified atom stereocenters. The van der Waals surface area contributed by atoms with Crippen molar-refractivity contribution in [3.63, 3.8) is 0 Å². The van der Waals surface area contributed by atoms with E-state index in [1.165, 1.54) is 19.2 Å². The maximum atomic E-state index is 11.1. The molecule has 9 heteroatoms. The minimum Gasteiger partial charge on any atom is -0.504 e. The Morgan fingerprint density at radius 2 is 2.08 bits per heavy atom. The number of hydrazone groups is 1. The number of nitrogens with one attached hydrogen (secondary N) is 1. The first-order valence-corrected chi connectivity index (χ1v) is 6.60. The maximum Gasteiger partial charge on any atom is 0.337 e. The molecule has 0 saturated carbocycles. The van der Waals surface area contributed by atoms with Gasteiger partial charge in [-0.1, -0.05) is 12.1 Å². The van der Waals surface area contributed by atoms with Gasteiger partial charge in [-0.2, -0.15) is 5.10 Å². The zero-order valence-electron chi connectivity index (χ0n) is 12.5. The average molecular weight is 331 g/mol. The fourth-order valence-electron chi connectivity index (χ4n) is 1.94. The van der Waals surface area contributed by atoms with Crippen molar-refractivity contribution < 1.29 is 24.7 Å². The van der Waals surface area contributed by atoms with E-state index in [2.05, 4.69) is 10.5 Å². The Labute approximate surface area is 136 Å². The number of hydrogen-bond acceptors (Lipinski definition) is 7. The highest BCUT2D eigenvalue weighted by Crippen LogP contribution is 2.32. The van der Waals surface area contributed by atoms with Gasteiger partial charge < -0.3 is 14.9 Å². The molecule has 0 spiro atoms. The normalized spacial score (nSPS) is 10.5. The molecule has 9 nitrogen and oxygen atoms in total. The molecular weight excluding hydrogens is 318 g/mol. The number of phenols is 1. The number of rotatable bonds is 6. The SMILES string of the molecule is COc1cc([N+](=O)[O-])c(/C=N/Nc2ccccc2C(=O)O)cc1O. The van der Waals surface area contributed by atoms with Gasteiger partial charge in [0, 0.05) is 0 Å². The van der Waals surface area contributed by atoms with Crippen LogP contribution in [0, 0.1) is 10.1 Å². The molecule has 0 atom stereocenters. The number of carboxylic acids is 1. The smallest absolute Gasteiger partial charge is 0.337 e. The summed E-state index contributed by atoms with van der Waals surface area (Å²) >= 11 is 0. The standard InChI is InChI=1S/C15H13N3O6/c1-24-14-7-12(18(22)23)9(6-13(14)19)8-16-17-11-5-3-2-4-10(11)15(20)21/h2-8,17,19H,1H3,(H,20,21)/b16-8+. The second kappa shape index (κ2) is 7.09. The van der Waals surface area contributed by atoms with Crippen LogP contribution in [0.3, 0.4) is 0 Å². The van der Waals surface area contributed by atoms with Gasteiger partial charge in [0.1, 0.15) is 0 Å². The molecule has 2 aromatic rings. The second-order valence-corrected chi connectivity index (χ2v) is 4.56. The predicted octanol–water partition coefficient (Wildman–Crippen LogP) is 2.45. The van der Waals surface area contributed by atoms with Crippen LogP contribution in [0.15, 0.2) is 41.5 Å². The summed E-state index contributed by atoms with van der Waals surface area (Å²) in [6, 6.07) is 8.27. The summed E-state index contributed by atoms with van der Waals surface area (Å²) in [5.74, 6) is -1.46. The summed E-state index contributed by atoms with van der Waals surface area (Å²) in [7, 11) is 1.27. The Bertz CT molecular complexity index is 819. The van der Waals surface area contributed by atoms with Crippen molar-refractivity contribution in [3.05, 3.63) is 57.6 Å². The fraction of sp³-hybridized carbons (Fsp3) is 0.0667. The van der Waals surface area contributed by atoms with E-state index in [1.54, 1.807) is 12.1 Å². The van der Waals surface area contributed by atoms with Gasteiger partial charge in [-0.25, -0.2) is 4.79 Å². The highest BCUT2D eigenvalue weighted by atomic mass is 16.6. The Balaban J connectivity index is 2.31. The topological polar surface area (TPSA) is 134 Å². The first-order valence-electron chi connectivity index (χ1n) is 6.60. The molecule has 24 heavy (non-hydrogen) atoms. The number of nitrogens with zero attached hydrogens (tertiary/aromatic N) is 2. The summed E-state index contributed by atoms with van der Waals surface area (Å²) in [5.41, 5.74) is 2.44. The van der Waals surface area contributed by atoms with Gasteiger partial charge in [0.2, 0.25) is 0 Å². The lowest BCUT2D eigenvalue weighted by Crippen LogP contribution is -2.02. The third kappa shape index (κ3) is 3.58. The Morgan fingerprint density at radius 1 is 1.38 bits per heavy atom. The third-order valence-electron chi connectivity index (χ3n) is 3.07. The van der Waals surface area contributed by atoms with E-state index >= 15 is 0 Å². The highest BCUT2D eigenvalue weighted by Gasteiger charge is 2.17. The minimum atomic E-state index is -1.14. The van der Waals surface area contributed by atoms with Crippen molar-refractivity contribution in [2.24, 2.45) is 5.10 Å². The number of hydrogen-bond donors (Lipinski definition) is 3. The molecule has 2 rings (SSSR count). The monoisotopic (exact) mass is 331 g/mol. The van der Waals surface area contributed by atoms with Gasteiger partial charge >= 0.3 is 5.97 Å². The van der Waals surface area contributed by atoms with Crippen molar-refractivity contribution in [2.45, 2.75) is 0 Å². The second-order valence-electron chi connectivity index (χ2n) is 4.56. The van der Waals surface area contributed by atoms with Crippen LogP contribution in [0.2, 0.25) is 0 Å². The summed E-state index contributed by atoms with van der Waals surface area (Å²) < 4.78 is 4.83. The van der Waals surface area contributed by atoms with Crippen molar-refractivity contribution in [2.75, 3.05) is 12.5 Å². The molecule has 0 amide bonds. The van der Waals surface area contributed by atoms with Gasteiger partial charge in [-0.05, 0) is 18.2 Å². The van der Waals surface area contributed by atoms with Crippen LogP contribution < -0.4 is 10.2 Å². The summed E-state index contributed by atoms with van der Waals surface area (Å²) in [6.07, 6.45) is 1.11. The molecule has 0 fully saturated rings. The molecule has 2 aromatic carbocycles. The molecular formula is C15H13N3O6. The lowest BCUT2D eigenvalue weighted by molar-refractivity contribution is -0.385. The fourth-order valence-corrected chi connectivity index (χ4v) is 1.94. The quantitative estimate of drug-likeness (QED) is 0.420. The number of nitro groups is 1. The molecule has 0 aliphatic carbocycles. The van der Waals surface area contributed by atoms with Crippen LogP contribution in [0.5, 0.6) is 11.5 Å². The molecule has 0 bridgehead atoms. The molecule has 0 aliphatic heterocycles. The van der Waals surface area contributed by atoms with E-state index in [-0.39, 0.29) is 34.0 Å². The van der Waals surface area contributed by atoms with Crippen molar-refractivity contribution >= 4 is 23.6 Å². The minimum absolute atomic E-state index is 0.00160. The molecule has 0 saturated heterocycles. The van der Waals surface area contributed by atoms with E-state index in [0.29, 0.717) is 0 Å². The van der Waals surface area contributed by atoms with Crippen molar-refractivity contribution in [3.8, 4) is 11.5 Å². The molecule has 124 valence electrons. The van der Waals surface area contributed by atoms with Crippen LogP contribution in [-0.2, 0) is 0 Å². The number of carbonyl (C=O) groups is 1. The van der Waals surface area contributed by atoms with Crippen molar-refractivity contribution in [1.29, 1.82) is 0 Å². The molecule has 0 aliphatic rings. The third-order valence-corrected chi connectivity index (χ3v) is 3.07. The molecule has 0 heterocycles. The average Bonchev–Trinajstić information content (AvgIpc) is 2.55.